The normalized spacial score (nSPS) is 37.8. The summed E-state index contributed by atoms with van der Waals surface area (Å²) in [5.74, 6) is 0.763. The van der Waals surface area contributed by atoms with Crippen molar-refractivity contribution in [3.8, 4) is 0 Å². The van der Waals surface area contributed by atoms with Gasteiger partial charge in [0.05, 0.1) is 6.61 Å². The van der Waals surface area contributed by atoms with Gasteiger partial charge in [0, 0.05) is 37.7 Å². The predicted molar refractivity (Wildman–Crippen MR) is 84.5 cm³/mol. The Kier molecular flexibility index (Phi) is 3.52. The molecule has 0 saturated carbocycles. The fourth-order valence-corrected chi connectivity index (χ4v) is 4.84. The molecule has 21 heavy (non-hydrogen) atoms. The van der Waals surface area contributed by atoms with E-state index in [4.69, 9.17) is 4.74 Å². The summed E-state index contributed by atoms with van der Waals surface area (Å²) in [6, 6.07) is 11.9. The lowest BCUT2D eigenvalue weighted by molar-refractivity contribution is 0.0740. The van der Waals surface area contributed by atoms with Gasteiger partial charge in [0.15, 0.2) is 0 Å². The lowest BCUT2D eigenvalue weighted by Gasteiger charge is -2.45. The lowest BCUT2D eigenvalue weighted by atomic mass is 9.67. The number of likely N-dealkylation sites (N-methyl/N-ethyl adjacent to an activating group) is 1. The molecule has 3 fully saturated rings. The molecule has 3 heterocycles. The van der Waals surface area contributed by atoms with Crippen LogP contribution in [0.25, 0.3) is 0 Å². The van der Waals surface area contributed by atoms with Crippen LogP contribution in [0.5, 0.6) is 0 Å². The van der Waals surface area contributed by atoms with Gasteiger partial charge in [-0.2, -0.15) is 0 Å². The highest BCUT2D eigenvalue weighted by molar-refractivity contribution is 5.30. The van der Waals surface area contributed by atoms with Crippen LogP contribution < -0.4 is 0 Å². The monoisotopic (exact) mass is 286 g/mol. The molecule has 114 valence electrons. The number of ether oxygens (including phenoxy) is 1. The van der Waals surface area contributed by atoms with Gasteiger partial charge >= 0.3 is 0 Å². The molecular formula is C18H26N2O. The second-order valence-electron chi connectivity index (χ2n) is 7.18. The van der Waals surface area contributed by atoms with E-state index >= 15 is 0 Å². The molecule has 0 amide bonds. The number of hydrogen-bond acceptors (Lipinski definition) is 3. The van der Waals surface area contributed by atoms with Crippen molar-refractivity contribution in [3.63, 3.8) is 0 Å². The van der Waals surface area contributed by atoms with Crippen LogP contribution in [0.4, 0.5) is 0 Å². The van der Waals surface area contributed by atoms with Gasteiger partial charge in [-0.1, -0.05) is 30.3 Å². The van der Waals surface area contributed by atoms with Crippen LogP contribution in [0.3, 0.4) is 0 Å². The zero-order chi connectivity index (χ0) is 14.3. The zero-order valence-electron chi connectivity index (χ0n) is 13.0. The van der Waals surface area contributed by atoms with Gasteiger partial charge in [0.25, 0.3) is 0 Å². The van der Waals surface area contributed by atoms with Crippen LogP contribution in [0.15, 0.2) is 30.3 Å². The molecule has 0 radical (unpaired) electrons. The minimum absolute atomic E-state index is 0.381. The Morgan fingerprint density at radius 3 is 2.81 bits per heavy atom. The van der Waals surface area contributed by atoms with Gasteiger partial charge in [-0.3, -0.25) is 4.90 Å². The number of piperidine rings is 1. The molecule has 0 spiro atoms. The predicted octanol–water partition coefficient (Wildman–Crippen LogP) is 1.98. The second-order valence-corrected chi connectivity index (χ2v) is 7.18. The molecule has 1 aromatic rings. The highest BCUT2D eigenvalue weighted by Crippen LogP contribution is 2.45. The summed E-state index contributed by atoms with van der Waals surface area (Å²) < 4.78 is 5.60. The number of nitrogens with zero attached hydrogens (tertiary/aromatic N) is 2. The molecule has 3 aliphatic rings. The van der Waals surface area contributed by atoms with Crippen LogP contribution in [0, 0.1) is 5.92 Å². The summed E-state index contributed by atoms with van der Waals surface area (Å²) in [5, 5.41) is 0. The van der Waals surface area contributed by atoms with E-state index in [1.807, 2.05) is 0 Å². The van der Waals surface area contributed by atoms with Gasteiger partial charge in [-0.15, -0.1) is 0 Å². The SMILES string of the molecule is CN1CC2CN(C3CCOC3)CCC2(c2ccccc2)C1. The Balaban J connectivity index is 1.59. The van der Waals surface area contributed by atoms with Gasteiger partial charge in [0.2, 0.25) is 0 Å². The summed E-state index contributed by atoms with van der Waals surface area (Å²) in [4.78, 5) is 5.24. The van der Waals surface area contributed by atoms with Crippen molar-refractivity contribution < 1.29 is 4.74 Å². The third-order valence-electron chi connectivity index (χ3n) is 5.94. The third-order valence-corrected chi connectivity index (χ3v) is 5.94. The van der Waals surface area contributed by atoms with E-state index in [0.29, 0.717) is 11.5 Å². The van der Waals surface area contributed by atoms with E-state index in [9.17, 15) is 0 Å². The van der Waals surface area contributed by atoms with Crippen LogP contribution in [-0.2, 0) is 10.2 Å². The maximum atomic E-state index is 5.60. The van der Waals surface area contributed by atoms with E-state index in [1.165, 1.54) is 39.0 Å². The van der Waals surface area contributed by atoms with Crippen LogP contribution in [0.2, 0.25) is 0 Å². The molecule has 0 N–H and O–H groups in total. The first-order chi connectivity index (χ1) is 10.3. The van der Waals surface area contributed by atoms with Crippen molar-refractivity contribution in [3.05, 3.63) is 35.9 Å². The second kappa shape index (κ2) is 5.38. The summed E-state index contributed by atoms with van der Waals surface area (Å²) in [5.41, 5.74) is 1.94. The molecule has 4 rings (SSSR count). The highest BCUT2D eigenvalue weighted by Gasteiger charge is 2.50. The van der Waals surface area contributed by atoms with Crippen molar-refractivity contribution in [2.75, 3.05) is 46.4 Å². The molecule has 3 aliphatic heterocycles. The largest absolute Gasteiger partial charge is 0.380 e. The van der Waals surface area contributed by atoms with E-state index in [0.717, 1.165) is 19.1 Å². The fraction of sp³-hybridized carbons (Fsp3) is 0.667. The van der Waals surface area contributed by atoms with Crippen molar-refractivity contribution in [2.45, 2.75) is 24.3 Å². The first-order valence-corrected chi connectivity index (χ1v) is 8.34. The summed E-state index contributed by atoms with van der Waals surface area (Å²) in [7, 11) is 2.28. The smallest absolute Gasteiger partial charge is 0.0622 e. The molecular weight excluding hydrogens is 260 g/mol. The number of fused-ring (bicyclic) bond motifs is 1. The van der Waals surface area contributed by atoms with Crippen molar-refractivity contribution in [2.24, 2.45) is 5.92 Å². The molecule has 3 nitrogen and oxygen atoms in total. The van der Waals surface area contributed by atoms with Gasteiger partial charge in [0.1, 0.15) is 0 Å². The first-order valence-electron chi connectivity index (χ1n) is 8.34. The van der Waals surface area contributed by atoms with Crippen LogP contribution in [-0.4, -0.2) is 62.3 Å². The highest BCUT2D eigenvalue weighted by atomic mass is 16.5. The molecule has 0 aromatic heterocycles. The number of likely N-dealkylation sites (tertiary alicyclic amines) is 2. The number of rotatable bonds is 2. The maximum absolute atomic E-state index is 5.60. The molecule has 3 heteroatoms. The van der Waals surface area contributed by atoms with Crippen molar-refractivity contribution in [1.29, 1.82) is 0 Å². The van der Waals surface area contributed by atoms with Crippen LogP contribution >= 0.6 is 0 Å². The van der Waals surface area contributed by atoms with Crippen molar-refractivity contribution in [1.82, 2.24) is 9.80 Å². The fourth-order valence-electron chi connectivity index (χ4n) is 4.84. The minimum atomic E-state index is 0.381. The third kappa shape index (κ3) is 2.32. The van der Waals surface area contributed by atoms with E-state index in [2.05, 4.69) is 47.2 Å². The molecule has 0 aliphatic carbocycles. The van der Waals surface area contributed by atoms with Crippen LogP contribution in [0.1, 0.15) is 18.4 Å². The number of hydrogen-bond donors (Lipinski definition) is 0. The Hall–Kier alpha value is -0.900. The van der Waals surface area contributed by atoms with Gasteiger partial charge in [-0.25, -0.2) is 0 Å². The average molecular weight is 286 g/mol. The quantitative estimate of drug-likeness (QED) is 0.827. The lowest BCUT2D eigenvalue weighted by Crippen LogP contribution is -2.52. The molecule has 3 unspecified atom stereocenters. The van der Waals surface area contributed by atoms with Gasteiger partial charge in [-0.05, 0) is 37.9 Å². The zero-order valence-corrected chi connectivity index (χ0v) is 13.0. The molecule has 3 atom stereocenters. The van der Waals surface area contributed by atoms with Crippen molar-refractivity contribution >= 4 is 0 Å². The maximum Gasteiger partial charge on any atom is 0.0622 e. The summed E-state index contributed by atoms with van der Waals surface area (Å²) >= 11 is 0. The summed E-state index contributed by atoms with van der Waals surface area (Å²) in [6.45, 7) is 6.83. The van der Waals surface area contributed by atoms with Gasteiger partial charge < -0.3 is 9.64 Å². The molecule has 0 bridgehead atoms. The van der Waals surface area contributed by atoms with E-state index < -0.39 is 0 Å². The average Bonchev–Trinajstić information content (AvgIpc) is 3.14. The standard InChI is InChI=1S/C18H26N2O/c1-19-11-16-12-20(17-7-10-21-13-17)9-8-18(16,14-19)15-5-3-2-4-6-15/h2-6,16-17H,7-14H2,1H3. The minimum Gasteiger partial charge on any atom is -0.380 e. The topological polar surface area (TPSA) is 15.7 Å². The Bertz CT molecular complexity index is 485. The number of benzene rings is 1. The summed E-state index contributed by atoms with van der Waals surface area (Å²) in [6.07, 6.45) is 2.52. The molecule has 3 saturated heterocycles. The Morgan fingerprint density at radius 2 is 2.05 bits per heavy atom. The van der Waals surface area contributed by atoms with E-state index in [-0.39, 0.29) is 0 Å². The first kappa shape index (κ1) is 13.7. The van der Waals surface area contributed by atoms with E-state index in [1.54, 1.807) is 5.56 Å². The Morgan fingerprint density at radius 1 is 1.19 bits per heavy atom. The Labute approximate surface area is 127 Å². The molecule has 1 aromatic carbocycles.